The van der Waals surface area contributed by atoms with Crippen LogP contribution in [0.1, 0.15) is 77.8 Å². The Balaban J connectivity index is 1.52. The lowest BCUT2D eigenvalue weighted by Crippen LogP contribution is -2.34. The summed E-state index contributed by atoms with van der Waals surface area (Å²) < 4.78 is 40.9. The van der Waals surface area contributed by atoms with Gasteiger partial charge < -0.3 is 14.2 Å². The number of anilines is 1. The zero-order valence-corrected chi connectivity index (χ0v) is 26.1. The standard InChI is InChI=1S/C32H42N4O5S/c1-6-41-28(37)18-8-7-9-20-35-21-12-15-25-30(35)34-26(31(25,2)3)16-10-17-27-32(4,5)24-14-11-19-33-29(24)36(27)22-13-23-42(38,39)40/h10-12,14-17,19,21H,6-9,13,18,20,22-23H2,1-5H3. The van der Waals surface area contributed by atoms with Crippen LogP contribution in [0, 0.1) is 0 Å². The van der Waals surface area contributed by atoms with E-state index in [1.807, 2.05) is 42.2 Å². The fourth-order valence-corrected chi connectivity index (χ4v) is 6.26. The van der Waals surface area contributed by atoms with Crippen LogP contribution in [-0.4, -0.2) is 48.5 Å². The number of carbonyl (C=O) groups excluding carboxylic acids is 1. The van der Waals surface area contributed by atoms with Gasteiger partial charge in [0.2, 0.25) is 0 Å². The molecule has 4 heterocycles. The fourth-order valence-electron chi connectivity index (χ4n) is 5.78. The second-order valence-corrected chi connectivity index (χ2v) is 13.4. The quantitative estimate of drug-likeness (QED) is 0.138. The molecule has 10 heteroatoms. The Morgan fingerprint density at radius 1 is 1.07 bits per heavy atom. The van der Waals surface area contributed by atoms with Gasteiger partial charge in [-0.2, -0.15) is 0 Å². The summed E-state index contributed by atoms with van der Waals surface area (Å²) in [6.45, 7) is 12.0. The molecule has 0 aromatic carbocycles. The first kappa shape index (κ1) is 31.6. The van der Waals surface area contributed by atoms with Crippen molar-refractivity contribution >= 4 is 33.4 Å². The Kier molecular flexibility index (Phi) is 9.67. The van der Waals surface area contributed by atoms with E-state index in [9.17, 15) is 17.8 Å². The zero-order valence-electron chi connectivity index (χ0n) is 25.3. The topological polar surface area (TPSA) is 116 Å². The lowest BCUT2D eigenvalue weighted by Gasteiger charge is -2.26. The SMILES string of the molecule is CCOC(=O)CCCCC[n+]1cccc2c1N=C(/C=C/C=C1/N(CCCS(=O)(=O)[O-])c3ncccc3C1(C)C)C2(C)C. The average Bonchev–Trinajstić information content (AvgIpc) is 3.30. The van der Waals surface area contributed by atoms with E-state index in [0.29, 0.717) is 19.6 Å². The molecule has 0 unspecified atom stereocenters. The number of rotatable bonds is 13. The molecule has 226 valence electrons. The van der Waals surface area contributed by atoms with Gasteiger partial charge >= 0.3 is 11.8 Å². The second kappa shape index (κ2) is 12.9. The van der Waals surface area contributed by atoms with Crippen molar-refractivity contribution in [1.82, 2.24) is 4.98 Å². The first-order valence-corrected chi connectivity index (χ1v) is 16.3. The molecule has 0 fully saturated rings. The molecule has 42 heavy (non-hydrogen) atoms. The molecule has 0 aliphatic carbocycles. The third kappa shape index (κ3) is 6.98. The van der Waals surface area contributed by atoms with E-state index < -0.39 is 15.9 Å². The molecular formula is C32H42N4O5S. The van der Waals surface area contributed by atoms with Gasteiger partial charge in [0, 0.05) is 41.6 Å². The van der Waals surface area contributed by atoms with Crippen molar-refractivity contribution in [3.8, 4) is 0 Å². The molecule has 0 amide bonds. The molecule has 2 aromatic rings. The molecule has 0 bridgehead atoms. The number of hydrogen-bond acceptors (Lipinski definition) is 8. The van der Waals surface area contributed by atoms with E-state index in [1.54, 1.807) is 6.20 Å². The van der Waals surface area contributed by atoms with Gasteiger partial charge in [0.25, 0.3) is 0 Å². The van der Waals surface area contributed by atoms with Crippen molar-refractivity contribution in [3.63, 3.8) is 0 Å². The molecule has 0 N–H and O–H groups in total. The van der Waals surface area contributed by atoms with Gasteiger partial charge in [0.15, 0.2) is 5.71 Å². The number of nitrogens with zero attached hydrogens (tertiary/aromatic N) is 4. The number of ether oxygens (including phenoxy) is 1. The number of unbranched alkanes of at least 4 members (excludes halogenated alkanes) is 2. The van der Waals surface area contributed by atoms with E-state index in [0.717, 1.165) is 54.4 Å². The number of aromatic nitrogens is 2. The van der Waals surface area contributed by atoms with Crippen molar-refractivity contribution in [2.75, 3.05) is 23.8 Å². The van der Waals surface area contributed by atoms with Crippen LogP contribution < -0.4 is 9.47 Å². The number of aliphatic imine (C=N–C) groups is 1. The Morgan fingerprint density at radius 2 is 1.83 bits per heavy atom. The number of aryl methyl sites for hydroxylation is 1. The molecule has 0 spiro atoms. The van der Waals surface area contributed by atoms with Crippen molar-refractivity contribution in [3.05, 3.63) is 71.7 Å². The summed E-state index contributed by atoms with van der Waals surface area (Å²) in [7, 11) is -4.29. The molecule has 2 aromatic heterocycles. The minimum absolute atomic E-state index is 0.136. The van der Waals surface area contributed by atoms with Gasteiger partial charge in [-0.25, -0.2) is 18.0 Å². The lowest BCUT2D eigenvalue weighted by atomic mass is 9.82. The van der Waals surface area contributed by atoms with Crippen LogP contribution in [0.2, 0.25) is 0 Å². The highest BCUT2D eigenvalue weighted by molar-refractivity contribution is 7.85. The number of esters is 1. The Morgan fingerprint density at radius 3 is 2.57 bits per heavy atom. The number of allylic oxidation sites excluding steroid dienone is 4. The summed E-state index contributed by atoms with van der Waals surface area (Å²) in [5.41, 5.74) is 3.53. The first-order valence-electron chi connectivity index (χ1n) is 14.7. The van der Waals surface area contributed by atoms with Gasteiger partial charge in [-0.15, -0.1) is 0 Å². The predicted octanol–water partition coefficient (Wildman–Crippen LogP) is 5.03. The third-order valence-electron chi connectivity index (χ3n) is 8.10. The van der Waals surface area contributed by atoms with Crippen LogP contribution in [-0.2, 0) is 37.0 Å². The van der Waals surface area contributed by atoms with Crippen molar-refractivity contribution < 1.29 is 27.1 Å². The Labute approximate surface area is 249 Å². The first-order chi connectivity index (χ1) is 19.9. The van der Waals surface area contributed by atoms with Gasteiger partial charge in [-0.3, -0.25) is 4.79 Å². The highest BCUT2D eigenvalue weighted by Gasteiger charge is 2.43. The van der Waals surface area contributed by atoms with Crippen LogP contribution in [0.15, 0.2) is 65.6 Å². The Bertz CT molecular complexity index is 1510. The van der Waals surface area contributed by atoms with Crippen LogP contribution in [0.4, 0.5) is 11.6 Å². The number of fused-ring (bicyclic) bond motifs is 2. The van der Waals surface area contributed by atoms with E-state index in [4.69, 9.17) is 9.73 Å². The molecule has 0 radical (unpaired) electrons. The molecule has 2 aliphatic rings. The van der Waals surface area contributed by atoms with Gasteiger partial charge in [-0.1, -0.05) is 26.0 Å². The fraction of sp³-hybridized carbons (Fsp3) is 0.500. The number of carbonyl (C=O) groups is 1. The minimum atomic E-state index is -4.29. The van der Waals surface area contributed by atoms with Crippen LogP contribution in [0.25, 0.3) is 0 Å². The molecule has 9 nitrogen and oxygen atoms in total. The highest BCUT2D eigenvalue weighted by atomic mass is 32.2. The van der Waals surface area contributed by atoms with Crippen LogP contribution >= 0.6 is 0 Å². The second-order valence-electron chi connectivity index (χ2n) is 11.9. The van der Waals surface area contributed by atoms with Gasteiger partial charge in [0.1, 0.15) is 5.82 Å². The molecular weight excluding hydrogens is 552 g/mol. The summed E-state index contributed by atoms with van der Waals surface area (Å²) in [6, 6.07) is 8.14. The van der Waals surface area contributed by atoms with Crippen molar-refractivity contribution in [2.24, 2.45) is 4.99 Å². The van der Waals surface area contributed by atoms with Gasteiger partial charge in [0.05, 0.1) is 40.4 Å². The summed E-state index contributed by atoms with van der Waals surface area (Å²) in [5.74, 6) is 1.20. The molecule has 2 aliphatic heterocycles. The highest BCUT2D eigenvalue weighted by Crippen LogP contribution is 2.46. The minimum Gasteiger partial charge on any atom is -0.748 e. The summed E-state index contributed by atoms with van der Waals surface area (Å²) in [5, 5.41) is 0. The number of hydrogen-bond donors (Lipinski definition) is 0. The smallest absolute Gasteiger partial charge is 0.327 e. The monoisotopic (exact) mass is 594 g/mol. The normalized spacial score (nSPS) is 17.9. The van der Waals surface area contributed by atoms with Gasteiger partial charge in [-0.05, 0) is 81.8 Å². The molecule has 0 saturated heterocycles. The van der Waals surface area contributed by atoms with Crippen molar-refractivity contribution in [1.29, 1.82) is 0 Å². The predicted molar refractivity (Wildman–Crippen MR) is 163 cm³/mol. The van der Waals surface area contributed by atoms with E-state index in [1.165, 1.54) is 5.56 Å². The Hall–Kier alpha value is -3.37. The maximum atomic E-state index is 11.6. The van der Waals surface area contributed by atoms with E-state index in [2.05, 4.69) is 55.6 Å². The van der Waals surface area contributed by atoms with E-state index in [-0.39, 0.29) is 23.2 Å². The van der Waals surface area contributed by atoms with E-state index >= 15 is 0 Å². The summed E-state index contributed by atoms with van der Waals surface area (Å²) in [4.78, 5) is 23.3. The maximum absolute atomic E-state index is 11.6. The maximum Gasteiger partial charge on any atom is 0.327 e. The van der Waals surface area contributed by atoms with Crippen LogP contribution in [0.5, 0.6) is 0 Å². The lowest BCUT2D eigenvalue weighted by molar-refractivity contribution is -0.684. The zero-order chi connectivity index (χ0) is 30.5. The number of pyridine rings is 2. The largest absolute Gasteiger partial charge is 0.748 e. The average molecular weight is 595 g/mol. The third-order valence-corrected chi connectivity index (χ3v) is 8.89. The van der Waals surface area contributed by atoms with Crippen LogP contribution in [0.3, 0.4) is 0 Å². The van der Waals surface area contributed by atoms with Crippen molar-refractivity contribution in [2.45, 2.75) is 84.1 Å². The molecule has 4 rings (SSSR count). The summed E-state index contributed by atoms with van der Waals surface area (Å²) >= 11 is 0. The summed E-state index contributed by atoms with van der Waals surface area (Å²) in [6.07, 6.45) is 13.3. The molecule has 0 saturated carbocycles. The molecule has 0 atom stereocenters.